The van der Waals surface area contributed by atoms with Crippen molar-refractivity contribution in [2.75, 3.05) is 13.3 Å². The van der Waals surface area contributed by atoms with E-state index >= 15 is 0 Å². The standard InChI is InChI=1S/C14H15NO4/c16-13-10-5-1-2-6-11(10)14(17)15(13)9-19-12-7-3-4-8-18-12/h1-2,5-6,12H,3-4,7-9H2. The average molecular weight is 261 g/mol. The fourth-order valence-corrected chi connectivity index (χ4v) is 2.36. The van der Waals surface area contributed by atoms with Gasteiger partial charge in [-0.25, -0.2) is 4.90 Å². The molecule has 0 bridgehead atoms. The second-order valence-electron chi connectivity index (χ2n) is 4.68. The first-order valence-corrected chi connectivity index (χ1v) is 6.46. The molecule has 0 aromatic heterocycles. The smallest absolute Gasteiger partial charge is 0.263 e. The zero-order valence-corrected chi connectivity index (χ0v) is 10.5. The number of carbonyl (C=O) groups is 2. The van der Waals surface area contributed by atoms with Crippen molar-refractivity contribution < 1.29 is 19.1 Å². The van der Waals surface area contributed by atoms with Crippen LogP contribution in [0.2, 0.25) is 0 Å². The molecule has 0 N–H and O–H groups in total. The summed E-state index contributed by atoms with van der Waals surface area (Å²) in [7, 11) is 0. The van der Waals surface area contributed by atoms with Crippen molar-refractivity contribution >= 4 is 11.8 Å². The summed E-state index contributed by atoms with van der Waals surface area (Å²) in [6, 6.07) is 6.82. The molecular weight excluding hydrogens is 246 g/mol. The number of fused-ring (bicyclic) bond motifs is 1. The molecule has 5 heteroatoms. The van der Waals surface area contributed by atoms with Crippen LogP contribution in [0.15, 0.2) is 24.3 Å². The molecule has 3 rings (SSSR count). The molecule has 2 aliphatic rings. The lowest BCUT2D eigenvalue weighted by Crippen LogP contribution is -2.35. The molecule has 0 aliphatic carbocycles. The SMILES string of the molecule is O=C1c2ccccc2C(=O)N1COC1CCCCO1. The van der Waals surface area contributed by atoms with Crippen LogP contribution in [-0.2, 0) is 9.47 Å². The average Bonchev–Trinajstić information content (AvgIpc) is 2.71. The van der Waals surface area contributed by atoms with E-state index < -0.39 is 0 Å². The van der Waals surface area contributed by atoms with E-state index in [9.17, 15) is 9.59 Å². The van der Waals surface area contributed by atoms with E-state index in [4.69, 9.17) is 9.47 Å². The van der Waals surface area contributed by atoms with E-state index in [1.54, 1.807) is 24.3 Å². The number of benzene rings is 1. The van der Waals surface area contributed by atoms with E-state index in [1.807, 2.05) is 0 Å². The first-order valence-electron chi connectivity index (χ1n) is 6.46. The Balaban J connectivity index is 1.67. The Morgan fingerprint density at radius 3 is 2.42 bits per heavy atom. The van der Waals surface area contributed by atoms with Gasteiger partial charge in [-0.1, -0.05) is 12.1 Å². The first kappa shape index (κ1) is 12.3. The molecule has 1 unspecified atom stereocenters. The van der Waals surface area contributed by atoms with Crippen molar-refractivity contribution in [3.8, 4) is 0 Å². The van der Waals surface area contributed by atoms with E-state index in [0.29, 0.717) is 17.7 Å². The summed E-state index contributed by atoms with van der Waals surface area (Å²) < 4.78 is 10.9. The molecule has 5 nitrogen and oxygen atoms in total. The van der Waals surface area contributed by atoms with Gasteiger partial charge in [0.15, 0.2) is 6.29 Å². The molecule has 2 amide bonds. The second-order valence-corrected chi connectivity index (χ2v) is 4.68. The van der Waals surface area contributed by atoms with E-state index in [0.717, 1.165) is 24.2 Å². The summed E-state index contributed by atoms with van der Waals surface area (Å²) in [6.07, 6.45) is 2.58. The van der Waals surface area contributed by atoms with Crippen molar-refractivity contribution in [3.05, 3.63) is 35.4 Å². The predicted molar refractivity (Wildman–Crippen MR) is 66.5 cm³/mol. The molecule has 1 aromatic rings. The lowest BCUT2D eigenvalue weighted by Gasteiger charge is -2.24. The van der Waals surface area contributed by atoms with Gasteiger partial charge in [-0.15, -0.1) is 0 Å². The topological polar surface area (TPSA) is 55.8 Å². The number of rotatable bonds is 3. The Hall–Kier alpha value is -1.72. The van der Waals surface area contributed by atoms with Crippen LogP contribution in [-0.4, -0.2) is 36.3 Å². The molecule has 1 fully saturated rings. The van der Waals surface area contributed by atoms with Gasteiger partial charge < -0.3 is 9.47 Å². The monoisotopic (exact) mass is 261 g/mol. The van der Waals surface area contributed by atoms with Gasteiger partial charge in [0, 0.05) is 6.61 Å². The second kappa shape index (κ2) is 5.11. The zero-order valence-electron chi connectivity index (χ0n) is 10.5. The number of hydrogen-bond donors (Lipinski definition) is 0. The van der Waals surface area contributed by atoms with Gasteiger partial charge in [-0.05, 0) is 31.4 Å². The molecule has 0 radical (unpaired) electrons. The number of amides is 2. The Kier molecular flexibility index (Phi) is 3.31. The lowest BCUT2D eigenvalue weighted by molar-refractivity contribution is -0.174. The van der Waals surface area contributed by atoms with Crippen LogP contribution in [0.4, 0.5) is 0 Å². The number of ether oxygens (including phenoxy) is 2. The van der Waals surface area contributed by atoms with Gasteiger partial charge in [-0.3, -0.25) is 9.59 Å². The molecular formula is C14H15NO4. The lowest BCUT2D eigenvalue weighted by atomic mass is 10.1. The van der Waals surface area contributed by atoms with E-state index in [2.05, 4.69) is 0 Å². The van der Waals surface area contributed by atoms with E-state index in [-0.39, 0.29) is 24.8 Å². The summed E-state index contributed by atoms with van der Waals surface area (Å²) >= 11 is 0. The van der Waals surface area contributed by atoms with Crippen LogP contribution in [0, 0.1) is 0 Å². The summed E-state index contributed by atoms with van der Waals surface area (Å²) in [5.41, 5.74) is 0.890. The van der Waals surface area contributed by atoms with Crippen molar-refractivity contribution in [2.24, 2.45) is 0 Å². The van der Waals surface area contributed by atoms with Crippen LogP contribution >= 0.6 is 0 Å². The summed E-state index contributed by atoms with van der Waals surface area (Å²) in [5.74, 6) is -0.590. The molecule has 1 aromatic carbocycles. The maximum atomic E-state index is 12.1. The third kappa shape index (κ3) is 2.27. The van der Waals surface area contributed by atoms with Crippen molar-refractivity contribution in [3.63, 3.8) is 0 Å². The minimum absolute atomic E-state index is 0.0446. The minimum Gasteiger partial charge on any atom is -0.353 e. The highest BCUT2D eigenvalue weighted by atomic mass is 16.7. The molecule has 2 heterocycles. The van der Waals surface area contributed by atoms with Crippen LogP contribution in [0.25, 0.3) is 0 Å². The number of carbonyl (C=O) groups excluding carboxylic acids is 2. The van der Waals surface area contributed by atoms with Gasteiger partial charge in [0.1, 0.15) is 6.73 Å². The molecule has 1 saturated heterocycles. The first-order chi connectivity index (χ1) is 9.27. The van der Waals surface area contributed by atoms with Gasteiger partial charge in [0.05, 0.1) is 11.1 Å². The van der Waals surface area contributed by atoms with Crippen LogP contribution in [0.1, 0.15) is 40.0 Å². The zero-order chi connectivity index (χ0) is 13.2. The number of imide groups is 1. The third-order valence-electron chi connectivity index (χ3n) is 3.41. The maximum absolute atomic E-state index is 12.1. The summed E-state index contributed by atoms with van der Waals surface area (Å²) in [5, 5.41) is 0. The fourth-order valence-electron chi connectivity index (χ4n) is 2.36. The normalized spacial score (nSPS) is 22.7. The molecule has 0 saturated carbocycles. The molecule has 2 aliphatic heterocycles. The minimum atomic E-state index is -0.307. The van der Waals surface area contributed by atoms with Gasteiger partial charge in [-0.2, -0.15) is 0 Å². The summed E-state index contributed by atoms with van der Waals surface area (Å²) in [6.45, 7) is 0.629. The van der Waals surface area contributed by atoms with Crippen molar-refractivity contribution in [1.29, 1.82) is 0 Å². The Morgan fingerprint density at radius 2 is 1.84 bits per heavy atom. The molecule has 100 valence electrons. The molecule has 0 spiro atoms. The Morgan fingerprint density at radius 1 is 1.16 bits per heavy atom. The third-order valence-corrected chi connectivity index (χ3v) is 3.41. The largest absolute Gasteiger partial charge is 0.353 e. The number of hydrogen-bond acceptors (Lipinski definition) is 4. The van der Waals surface area contributed by atoms with Crippen molar-refractivity contribution in [2.45, 2.75) is 25.6 Å². The fraction of sp³-hybridized carbons (Fsp3) is 0.429. The predicted octanol–water partition coefficient (Wildman–Crippen LogP) is 1.78. The highest BCUT2D eigenvalue weighted by Gasteiger charge is 2.35. The number of nitrogens with zero attached hydrogens (tertiary/aromatic N) is 1. The molecule has 1 atom stereocenters. The van der Waals surface area contributed by atoms with Crippen LogP contribution in [0.3, 0.4) is 0 Å². The van der Waals surface area contributed by atoms with Crippen LogP contribution < -0.4 is 0 Å². The van der Waals surface area contributed by atoms with Gasteiger partial charge in [0.25, 0.3) is 11.8 Å². The Bertz CT molecular complexity index is 473. The van der Waals surface area contributed by atoms with Gasteiger partial charge in [0.2, 0.25) is 0 Å². The van der Waals surface area contributed by atoms with Gasteiger partial charge >= 0.3 is 0 Å². The maximum Gasteiger partial charge on any atom is 0.263 e. The highest BCUT2D eigenvalue weighted by Crippen LogP contribution is 2.23. The van der Waals surface area contributed by atoms with E-state index in [1.165, 1.54) is 0 Å². The van der Waals surface area contributed by atoms with Crippen molar-refractivity contribution in [1.82, 2.24) is 4.90 Å². The molecule has 19 heavy (non-hydrogen) atoms. The summed E-state index contributed by atoms with van der Waals surface area (Å²) in [4.78, 5) is 25.3. The Labute approximate surface area is 111 Å². The quantitative estimate of drug-likeness (QED) is 0.778. The van der Waals surface area contributed by atoms with Crippen LogP contribution in [0.5, 0.6) is 0 Å². The highest BCUT2D eigenvalue weighted by molar-refractivity contribution is 6.21.